The lowest BCUT2D eigenvalue weighted by Crippen LogP contribution is -2.51. The van der Waals surface area contributed by atoms with Gasteiger partial charge in [-0.05, 0) is 24.5 Å². The van der Waals surface area contributed by atoms with Gasteiger partial charge in [-0.25, -0.2) is 4.79 Å². The first-order valence-electron chi connectivity index (χ1n) is 8.49. The summed E-state index contributed by atoms with van der Waals surface area (Å²) in [5, 5.41) is 7.05. The number of nitrogens with one attached hydrogen (secondary N) is 1. The fourth-order valence-electron chi connectivity index (χ4n) is 3.67. The molecule has 1 amide bonds. The maximum absolute atomic E-state index is 12.8. The van der Waals surface area contributed by atoms with Gasteiger partial charge < -0.3 is 14.6 Å². The van der Waals surface area contributed by atoms with E-state index in [0.717, 1.165) is 31.2 Å². The Bertz CT molecular complexity index is 823. The van der Waals surface area contributed by atoms with Crippen LogP contribution in [0.3, 0.4) is 0 Å². The summed E-state index contributed by atoms with van der Waals surface area (Å²) in [4.78, 5) is 29.3. The lowest BCUT2D eigenvalue weighted by atomic mass is 9.94. The fraction of sp³-hybridized carbons (Fsp3) is 0.444. The second kappa shape index (κ2) is 5.98. The number of aryl methyl sites for hydroxylation is 1. The van der Waals surface area contributed by atoms with Gasteiger partial charge in [-0.1, -0.05) is 36.2 Å². The van der Waals surface area contributed by atoms with Crippen LogP contribution in [0.2, 0.25) is 0 Å². The van der Waals surface area contributed by atoms with Crippen LogP contribution >= 0.6 is 0 Å². The zero-order valence-corrected chi connectivity index (χ0v) is 13.9. The van der Waals surface area contributed by atoms with E-state index in [-0.39, 0.29) is 5.91 Å². The first kappa shape index (κ1) is 15.8. The molecule has 1 aliphatic carbocycles. The monoisotopic (exact) mass is 341 g/mol. The number of aromatic nitrogens is 2. The van der Waals surface area contributed by atoms with E-state index in [1.54, 1.807) is 19.1 Å². The molecular weight excluding hydrogens is 322 g/mol. The third kappa shape index (κ3) is 2.79. The molecule has 7 nitrogen and oxygen atoms in total. The smallest absolute Gasteiger partial charge is 0.339 e. The van der Waals surface area contributed by atoms with Crippen LogP contribution in [0.15, 0.2) is 28.8 Å². The van der Waals surface area contributed by atoms with E-state index in [0.29, 0.717) is 23.7 Å². The molecule has 2 aliphatic rings. The Hall–Kier alpha value is -2.70. The van der Waals surface area contributed by atoms with Crippen LogP contribution in [-0.2, 0) is 21.5 Å². The van der Waals surface area contributed by atoms with E-state index in [9.17, 15) is 9.59 Å². The second-order valence-electron chi connectivity index (χ2n) is 6.67. The van der Waals surface area contributed by atoms with E-state index < -0.39 is 17.6 Å². The molecule has 1 atom stereocenters. The molecule has 4 rings (SSSR count). The van der Waals surface area contributed by atoms with Crippen LogP contribution < -0.4 is 5.32 Å². The second-order valence-corrected chi connectivity index (χ2v) is 6.67. The molecule has 7 heteroatoms. The van der Waals surface area contributed by atoms with Crippen molar-refractivity contribution in [3.8, 4) is 0 Å². The summed E-state index contributed by atoms with van der Waals surface area (Å²) >= 11 is 0. The van der Waals surface area contributed by atoms with Gasteiger partial charge in [0.2, 0.25) is 5.89 Å². The fourth-order valence-corrected chi connectivity index (χ4v) is 3.67. The molecule has 1 saturated carbocycles. The molecule has 0 spiro atoms. The maximum atomic E-state index is 12.8. The lowest BCUT2D eigenvalue weighted by Gasteiger charge is -2.30. The summed E-state index contributed by atoms with van der Waals surface area (Å²) in [5.41, 5.74) is 0.712. The largest absolute Gasteiger partial charge is 0.448 e. The zero-order chi connectivity index (χ0) is 17.4. The van der Waals surface area contributed by atoms with Crippen LogP contribution in [0.4, 0.5) is 0 Å². The summed E-state index contributed by atoms with van der Waals surface area (Å²) in [5.74, 6) is 0.192. The van der Waals surface area contributed by atoms with Gasteiger partial charge in [-0.3, -0.25) is 4.79 Å². The summed E-state index contributed by atoms with van der Waals surface area (Å²) in [6.07, 6.45) is 2.97. The van der Waals surface area contributed by atoms with Gasteiger partial charge >= 0.3 is 5.97 Å². The standard InChI is InChI=1S/C18H19N3O4/c1-11-19-17(21-25-11)18(8-4-5-9-18)20-15(22)14-10-12-6-2-3-7-13(12)16(23)24-14/h2-3,6-7,14H,4-5,8-10H2,1H3,(H,20,22). The minimum atomic E-state index is -0.840. The van der Waals surface area contributed by atoms with Crippen molar-refractivity contribution in [3.63, 3.8) is 0 Å². The molecule has 130 valence electrons. The first-order chi connectivity index (χ1) is 12.1. The number of carbonyl (C=O) groups is 2. The van der Waals surface area contributed by atoms with E-state index in [1.807, 2.05) is 12.1 Å². The molecule has 1 unspecified atom stereocenters. The zero-order valence-electron chi connectivity index (χ0n) is 13.9. The van der Waals surface area contributed by atoms with Crippen LogP contribution in [0.5, 0.6) is 0 Å². The number of cyclic esters (lactones) is 1. The summed E-state index contributed by atoms with van der Waals surface area (Å²) in [7, 11) is 0. The number of nitrogens with zero attached hydrogens (tertiary/aromatic N) is 2. The predicted molar refractivity (Wildman–Crippen MR) is 86.7 cm³/mol. The predicted octanol–water partition coefficient (Wildman–Crippen LogP) is 2.05. The molecule has 0 bridgehead atoms. The molecule has 1 aliphatic heterocycles. The lowest BCUT2D eigenvalue weighted by molar-refractivity contribution is -0.132. The number of fused-ring (bicyclic) bond motifs is 1. The normalized spacial score (nSPS) is 21.5. The van der Waals surface area contributed by atoms with Gasteiger partial charge in [0, 0.05) is 13.3 Å². The number of hydrogen-bond donors (Lipinski definition) is 1. The molecule has 1 N–H and O–H groups in total. The highest BCUT2D eigenvalue weighted by molar-refractivity contribution is 5.95. The van der Waals surface area contributed by atoms with Gasteiger partial charge in [0.05, 0.1) is 5.56 Å². The minimum absolute atomic E-state index is 0.313. The van der Waals surface area contributed by atoms with Gasteiger partial charge in [-0.15, -0.1) is 0 Å². The Morgan fingerprint density at radius 2 is 2.04 bits per heavy atom. The number of rotatable bonds is 3. The molecule has 1 aromatic heterocycles. The third-order valence-electron chi connectivity index (χ3n) is 4.96. The summed E-state index contributed by atoms with van der Waals surface area (Å²) < 4.78 is 10.5. The van der Waals surface area contributed by atoms with Crippen molar-refractivity contribution >= 4 is 11.9 Å². The Labute approximate surface area is 144 Å². The minimum Gasteiger partial charge on any atom is -0.448 e. The van der Waals surface area contributed by atoms with Crippen LogP contribution in [-0.4, -0.2) is 28.1 Å². The third-order valence-corrected chi connectivity index (χ3v) is 4.96. The number of benzene rings is 1. The highest BCUT2D eigenvalue weighted by Gasteiger charge is 2.43. The van der Waals surface area contributed by atoms with Crippen molar-refractivity contribution in [2.75, 3.05) is 0 Å². The van der Waals surface area contributed by atoms with Crippen molar-refractivity contribution in [1.29, 1.82) is 0 Å². The van der Waals surface area contributed by atoms with Crippen LogP contribution in [0.25, 0.3) is 0 Å². The summed E-state index contributed by atoms with van der Waals surface area (Å²) in [6, 6.07) is 7.20. The van der Waals surface area contributed by atoms with Crippen molar-refractivity contribution in [2.24, 2.45) is 0 Å². The van der Waals surface area contributed by atoms with E-state index in [4.69, 9.17) is 9.26 Å². The van der Waals surface area contributed by atoms with Crippen molar-refractivity contribution < 1.29 is 18.8 Å². The molecule has 0 radical (unpaired) electrons. The molecule has 1 aromatic carbocycles. The number of ether oxygens (including phenoxy) is 1. The van der Waals surface area contributed by atoms with Gasteiger partial charge in [0.25, 0.3) is 5.91 Å². The Balaban J connectivity index is 1.56. The van der Waals surface area contributed by atoms with E-state index >= 15 is 0 Å². The topological polar surface area (TPSA) is 94.3 Å². The van der Waals surface area contributed by atoms with Crippen molar-refractivity contribution in [2.45, 2.75) is 50.7 Å². The average Bonchev–Trinajstić information content (AvgIpc) is 3.25. The molecule has 2 aromatic rings. The maximum Gasteiger partial charge on any atom is 0.339 e. The number of carbonyl (C=O) groups excluding carboxylic acids is 2. The molecule has 25 heavy (non-hydrogen) atoms. The molecule has 1 fully saturated rings. The first-order valence-corrected chi connectivity index (χ1v) is 8.49. The molecule has 2 heterocycles. The average molecular weight is 341 g/mol. The number of amides is 1. The van der Waals surface area contributed by atoms with Gasteiger partial charge in [-0.2, -0.15) is 4.98 Å². The molecule has 0 saturated heterocycles. The van der Waals surface area contributed by atoms with Crippen molar-refractivity contribution in [3.05, 3.63) is 47.1 Å². The summed E-state index contributed by atoms with van der Waals surface area (Å²) in [6.45, 7) is 1.72. The van der Waals surface area contributed by atoms with E-state index in [1.165, 1.54) is 0 Å². The van der Waals surface area contributed by atoms with Crippen LogP contribution in [0, 0.1) is 6.92 Å². The van der Waals surface area contributed by atoms with E-state index in [2.05, 4.69) is 15.5 Å². The van der Waals surface area contributed by atoms with Gasteiger partial charge in [0.15, 0.2) is 11.9 Å². The van der Waals surface area contributed by atoms with Crippen molar-refractivity contribution in [1.82, 2.24) is 15.5 Å². The number of esters is 1. The SMILES string of the molecule is Cc1nc(C2(NC(=O)C3Cc4ccccc4C(=O)O3)CCCC2)no1. The highest BCUT2D eigenvalue weighted by atomic mass is 16.5. The molecular formula is C18H19N3O4. The van der Waals surface area contributed by atoms with Gasteiger partial charge in [0.1, 0.15) is 5.54 Å². The Morgan fingerprint density at radius 3 is 2.76 bits per heavy atom. The Kier molecular flexibility index (Phi) is 3.78. The highest BCUT2D eigenvalue weighted by Crippen LogP contribution is 2.37. The quantitative estimate of drug-likeness (QED) is 0.859. The number of hydrogen-bond acceptors (Lipinski definition) is 6. The van der Waals surface area contributed by atoms with Crippen LogP contribution in [0.1, 0.15) is 53.3 Å². The Morgan fingerprint density at radius 1 is 1.28 bits per heavy atom.